The number of hydrogen-bond acceptors (Lipinski definition) is 2. The third-order valence-electron chi connectivity index (χ3n) is 11.3. The predicted octanol–water partition coefficient (Wildman–Crippen LogP) is 13.6. The molecule has 2 nitrogen and oxygen atoms in total. The highest BCUT2D eigenvalue weighted by Gasteiger charge is 2.51. The van der Waals surface area contributed by atoms with Gasteiger partial charge in [-0.25, -0.2) is 0 Å². The number of para-hydroxylation sites is 2. The van der Waals surface area contributed by atoms with Crippen molar-refractivity contribution in [2.45, 2.75) is 5.41 Å². The third-order valence-corrected chi connectivity index (χ3v) is 11.3. The first-order valence-electron chi connectivity index (χ1n) is 18.3. The van der Waals surface area contributed by atoms with E-state index in [9.17, 15) is 0 Å². The molecule has 53 heavy (non-hydrogen) atoms. The summed E-state index contributed by atoms with van der Waals surface area (Å²) in [6.45, 7) is 0. The molecule has 0 aromatic heterocycles. The largest absolute Gasteiger partial charge is 0.454 e. The van der Waals surface area contributed by atoms with Crippen LogP contribution in [0.1, 0.15) is 22.3 Å². The van der Waals surface area contributed by atoms with E-state index in [0.29, 0.717) is 0 Å². The summed E-state index contributed by atoms with van der Waals surface area (Å²) in [4.78, 5) is 2.41. The summed E-state index contributed by atoms with van der Waals surface area (Å²) < 4.78 is 7.20. The van der Waals surface area contributed by atoms with Crippen LogP contribution in [0.2, 0.25) is 0 Å². The molecular weight excluding hydrogens is 643 g/mol. The molecule has 0 fully saturated rings. The highest BCUT2D eigenvalue weighted by molar-refractivity contribution is 6.15. The maximum atomic E-state index is 7.20. The molecule has 9 aromatic rings. The van der Waals surface area contributed by atoms with Gasteiger partial charge in [-0.05, 0) is 79.9 Å². The van der Waals surface area contributed by atoms with Crippen molar-refractivity contribution in [2.75, 3.05) is 4.90 Å². The quantitative estimate of drug-likeness (QED) is 0.172. The Morgan fingerprint density at radius 2 is 0.943 bits per heavy atom. The van der Waals surface area contributed by atoms with Gasteiger partial charge in [0.15, 0.2) is 5.75 Å². The maximum Gasteiger partial charge on any atom is 0.156 e. The molecular formula is C51H33NO. The number of rotatable bonds is 4. The van der Waals surface area contributed by atoms with Gasteiger partial charge in [0.1, 0.15) is 5.75 Å². The third kappa shape index (κ3) is 4.27. The van der Waals surface area contributed by atoms with Crippen molar-refractivity contribution in [1.29, 1.82) is 0 Å². The molecule has 0 bridgehead atoms. The first-order chi connectivity index (χ1) is 26.3. The van der Waals surface area contributed by atoms with Crippen molar-refractivity contribution in [3.8, 4) is 33.8 Å². The fourth-order valence-corrected chi connectivity index (χ4v) is 9.10. The van der Waals surface area contributed by atoms with Gasteiger partial charge in [-0.15, -0.1) is 0 Å². The van der Waals surface area contributed by atoms with Gasteiger partial charge in [0.05, 0.1) is 16.8 Å². The molecule has 1 heterocycles. The van der Waals surface area contributed by atoms with Crippen LogP contribution in [0.15, 0.2) is 200 Å². The summed E-state index contributed by atoms with van der Waals surface area (Å²) >= 11 is 0. The SMILES string of the molecule is c1ccc(-c2ccc(N(c3cccc4c3Oc3ccccc3C43c4ccccc4-c4ccccc43)c3cc4ccccc4c4ccccc34)cc2)cc1. The van der Waals surface area contributed by atoms with Crippen LogP contribution < -0.4 is 9.64 Å². The van der Waals surface area contributed by atoms with Crippen molar-refractivity contribution < 1.29 is 4.74 Å². The van der Waals surface area contributed by atoms with Crippen LogP contribution in [-0.2, 0) is 5.41 Å². The molecule has 11 rings (SSSR count). The van der Waals surface area contributed by atoms with Gasteiger partial charge < -0.3 is 9.64 Å². The molecule has 1 aliphatic heterocycles. The molecule has 0 unspecified atom stereocenters. The van der Waals surface area contributed by atoms with E-state index in [1.807, 2.05) is 0 Å². The molecule has 0 saturated heterocycles. The fourth-order valence-electron chi connectivity index (χ4n) is 9.10. The van der Waals surface area contributed by atoms with Crippen LogP contribution >= 0.6 is 0 Å². The van der Waals surface area contributed by atoms with Crippen LogP contribution in [0.5, 0.6) is 11.5 Å². The Morgan fingerprint density at radius 1 is 0.377 bits per heavy atom. The van der Waals surface area contributed by atoms with Gasteiger partial charge in [-0.2, -0.15) is 0 Å². The Kier molecular flexibility index (Phi) is 6.50. The monoisotopic (exact) mass is 675 g/mol. The van der Waals surface area contributed by atoms with E-state index in [1.54, 1.807) is 0 Å². The van der Waals surface area contributed by atoms with Crippen LogP contribution in [0.4, 0.5) is 17.1 Å². The van der Waals surface area contributed by atoms with Gasteiger partial charge in [-0.1, -0.05) is 170 Å². The lowest BCUT2D eigenvalue weighted by Gasteiger charge is -2.41. The van der Waals surface area contributed by atoms with Crippen LogP contribution in [0.25, 0.3) is 43.8 Å². The molecule has 0 atom stereocenters. The van der Waals surface area contributed by atoms with Gasteiger partial charge in [0, 0.05) is 22.2 Å². The minimum atomic E-state index is -0.554. The highest BCUT2D eigenvalue weighted by Crippen LogP contribution is 2.64. The Hall–Kier alpha value is -6.90. The molecule has 1 aliphatic carbocycles. The first kappa shape index (κ1) is 29.8. The zero-order chi connectivity index (χ0) is 34.9. The molecule has 1 spiro atoms. The standard InChI is InChI=1S/C51H33NO/c1-2-15-34(16-3-1)35-29-31-37(32-30-35)52(48-33-36-17-4-5-18-38(36)39-19-6-7-22-42(39)48)47-27-14-26-46-50(47)53-49-28-13-12-25-45(49)51(46)43-23-10-8-20-40(43)41-21-9-11-24-44(41)51/h1-33H. The zero-order valence-electron chi connectivity index (χ0n) is 28.9. The number of hydrogen-bond donors (Lipinski definition) is 0. The minimum absolute atomic E-state index is 0.554. The fraction of sp³-hybridized carbons (Fsp3) is 0.0196. The lowest BCUT2D eigenvalue weighted by Crippen LogP contribution is -2.32. The van der Waals surface area contributed by atoms with E-state index < -0.39 is 5.41 Å². The molecule has 0 amide bonds. The Bertz CT molecular complexity index is 2830. The average Bonchev–Trinajstić information content (AvgIpc) is 3.52. The molecule has 0 radical (unpaired) electrons. The number of benzene rings is 9. The van der Waals surface area contributed by atoms with E-state index >= 15 is 0 Å². The summed E-state index contributed by atoms with van der Waals surface area (Å²) in [5.74, 6) is 1.74. The van der Waals surface area contributed by atoms with Crippen LogP contribution in [-0.4, -0.2) is 0 Å². The van der Waals surface area contributed by atoms with Crippen molar-refractivity contribution in [1.82, 2.24) is 0 Å². The van der Waals surface area contributed by atoms with E-state index in [-0.39, 0.29) is 0 Å². The van der Waals surface area contributed by atoms with Crippen molar-refractivity contribution >= 4 is 38.6 Å². The summed E-state index contributed by atoms with van der Waals surface area (Å²) in [6, 6.07) is 72.5. The predicted molar refractivity (Wildman–Crippen MR) is 219 cm³/mol. The Balaban J connectivity index is 1.23. The second-order valence-electron chi connectivity index (χ2n) is 14.0. The van der Waals surface area contributed by atoms with E-state index in [4.69, 9.17) is 4.74 Å². The number of fused-ring (bicyclic) bond motifs is 12. The number of anilines is 3. The molecule has 2 aliphatic rings. The lowest BCUT2D eigenvalue weighted by molar-refractivity contribution is 0.437. The second kappa shape index (κ2) is 11.6. The second-order valence-corrected chi connectivity index (χ2v) is 14.0. The molecule has 248 valence electrons. The minimum Gasteiger partial charge on any atom is -0.454 e. The Morgan fingerprint density at radius 3 is 1.70 bits per heavy atom. The maximum absolute atomic E-state index is 7.20. The van der Waals surface area contributed by atoms with Crippen molar-refractivity contribution in [3.63, 3.8) is 0 Å². The molecule has 0 saturated carbocycles. The van der Waals surface area contributed by atoms with Gasteiger partial charge in [0.25, 0.3) is 0 Å². The van der Waals surface area contributed by atoms with Gasteiger partial charge in [0.2, 0.25) is 0 Å². The Labute approximate surface area is 308 Å². The lowest BCUT2D eigenvalue weighted by atomic mass is 9.66. The summed E-state index contributed by atoms with van der Waals surface area (Å²) in [7, 11) is 0. The van der Waals surface area contributed by atoms with Crippen molar-refractivity contribution in [3.05, 3.63) is 222 Å². The molecule has 0 N–H and O–H groups in total. The normalized spacial score (nSPS) is 13.2. The topological polar surface area (TPSA) is 12.5 Å². The summed E-state index contributed by atoms with van der Waals surface area (Å²) in [6.07, 6.45) is 0. The van der Waals surface area contributed by atoms with Crippen LogP contribution in [0.3, 0.4) is 0 Å². The molecule has 9 aromatic carbocycles. The highest BCUT2D eigenvalue weighted by atomic mass is 16.5. The van der Waals surface area contributed by atoms with Gasteiger partial charge >= 0.3 is 0 Å². The average molecular weight is 676 g/mol. The smallest absolute Gasteiger partial charge is 0.156 e. The number of ether oxygens (including phenoxy) is 1. The van der Waals surface area contributed by atoms with E-state index in [1.165, 1.54) is 54.9 Å². The first-order valence-corrected chi connectivity index (χ1v) is 18.3. The van der Waals surface area contributed by atoms with Crippen LogP contribution in [0, 0.1) is 0 Å². The van der Waals surface area contributed by atoms with E-state index in [0.717, 1.165) is 39.7 Å². The zero-order valence-corrected chi connectivity index (χ0v) is 28.9. The van der Waals surface area contributed by atoms with Crippen molar-refractivity contribution in [2.24, 2.45) is 0 Å². The summed E-state index contributed by atoms with van der Waals surface area (Å²) in [5.41, 5.74) is 12.4. The van der Waals surface area contributed by atoms with Gasteiger partial charge in [-0.3, -0.25) is 0 Å². The van der Waals surface area contributed by atoms with E-state index in [2.05, 4.69) is 205 Å². The molecule has 2 heteroatoms. The summed E-state index contributed by atoms with van der Waals surface area (Å²) in [5, 5.41) is 4.83. The number of nitrogens with zero attached hydrogens (tertiary/aromatic N) is 1.